The van der Waals surface area contributed by atoms with Gasteiger partial charge in [-0.25, -0.2) is 0 Å². The summed E-state index contributed by atoms with van der Waals surface area (Å²) < 4.78 is 0. The Morgan fingerprint density at radius 2 is 1.95 bits per heavy atom. The molecule has 96 valence electrons. The van der Waals surface area contributed by atoms with Crippen molar-refractivity contribution in [3.8, 4) is 11.3 Å². The van der Waals surface area contributed by atoms with Gasteiger partial charge >= 0.3 is 0 Å². The first kappa shape index (κ1) is 12.2. The fourth-order valence-corrected chi connectivity index (χ4v) is 2.10. The molecule has 1 aliphatic rings. The molecule has 4 heteroatoms. The van der Waals surface area contributed by atoms with Gasteiger partial charge in [0, 0.05) is 23.4 Å². The largest absolute Gasteiger partial charge is 0.349 e. The Hall–Kier alpha value is -1.87. The lowest BCUT2D eigenvalue weighted by molar-refractivity contribution is 0.0951. The van der Waals surface area contributed by atoms with Crippen LogP contribution in [0.15, 0.2) is 42.6 Å². The molecule has 3 nitrogen and oxygen atoms in total. The van der Waals surface area contributed by atoms with Crippen molar-refractivity contribution in [2.75, 3.05) is 0 Å². The molecule has 1 aromatic heterocycles. The summed E-state index contributed by atoms with van der Waals surface area (Å²) in [5.41, 5.74) is 2.31. The third-order valence-electron chi connectivity index (χ3n) is 3.09. The minimum absolute atomic E-state index is 0.0128. The number of halogens is 1. The van der Waals surface area contributed by atoms with Gasteiger partial charge in [0.1, 0.15) is 0 Å². The number of hydrogen-bond acceptors (Lipinski definition) is 2. The topological polar surface area (TPSA) is 42.0 Å². The average molecular weight is 273 g/mol. The number of hydrogen-bond donors (Lipinski definition) is 1. The average Bonchev–Trinajstić information content (AvgIpc) is 3.23. The number of carbonyl (C=O) groups excluding carboxylic acids is 1. The van der Waals surface area contributed by atoms with Crippen molar-refractivity contribution < 1.29 is 4.79 Å². The van der Waals surface area contributed by atoms with Gasteiger partial charge in [-0.05, 0) is 37.1 Å². The second-order valence-corrected chi connectivity index (χ2v) is 5.07. The predicted molar refractivity (Wildman–Crippen MR) is 75.2 cm³/mol. The van der Waals surface area contributed by atoms with Gasteiger partial charge in [0.05, 0.1) is 10.7 Å². The number of rotatable bonds is 3. The van der Waals surface area contributed by atoms with E-state index in [2.05, 4.69) is 10.3 Å². The van der Waals surface area contributed by atoms with Gasteiger partial charge in [-0.15, -0.1) is 0 Å². The molecule has 1 heterocycles. The molecule has 1 aromatic carbocycles. The van der Waals surface area contributed by atoms with Gasteiger partial charge in [0.25, 0.3) is 5.91 Å². The van der Waals surface area contributed by atoms with Crippen molar-refractivity contribution in [2.45, 2.75) is 18.9 Å². The highest BCUT2D eigenvalue weighted by atomic mass is 35.5. The Morgan fingerprint density at radius 3 is 2.58 bits per heavy atom. The third-order valence-corrected chi connectivity index (χ3v) is 3.40. The number of nitrogens with one attached hydrogen (secondary N) is 1. The van der Waals surface area contributed by atoms with E-state index in [1.165, 1.54) is 0 Å². The van der Waals surface area contributed by atoms with Gasteiger partial charge in [-0.3, -0.25) is 9.78 Å². The summed E-state index contributed by atoms with van der Waals surface area (Å²) in [6.07, 6.45) is 3.88. The Bertz CT molecular complexity index is 606. The number of amides is 1. The molecule has 0 atom stereocenters. The van der Waals surface area contributed by atoms with Crippen LogP contribution in [0.5, 0.6) is 0 Å². The zero-order valence-electron chi connectivity index (χ0n) is 10.3. The van der Waals surface area contributed by atoms with E-state index in [-0.39, 0.29) is 5.91 Å². The van der Waals surface area contributed by atoms with E-state index in [0.717, 1.165) is 24.1 Å². The van der Waals surface area contributed by atoms with Crippen LogP contribution in [0, 0.1) is 0 Å². The van der Waals surface area contributed by atoms with Crippen LogP contribution in [-0.4, -0.2) is 16.9 Å². The summed E-state index contributed by atoms with van der Waals surface area (Å²) in [6.45, 7) is 0. The highest BCUT2D eigenvalue weighted by Gasteiger charge is 2.23. The first-order valence-corrected chi connectivity index (χ1v) is 6.63. The summed E-state index contributed by atoms with van der Waals surface area (Å²) in [5, 5.41) is 3.57. The predicted octanol–water partition coefficient (Wildman–Crippen LogP) is 3.29. The molecule has 19 heavy (non-hydrogen) atoms. The van der Waals surface area contributed by atoms with Crippen molar-refractivity contribution in [3.05, 3.63) is 53.2 Å². The fraction of sp³-hybridized carbons (Fsp3) is 0.200. The minimum Gasteiger partial charge on any atom is -0.349 e. The summed E-state index contributed by atoms with van der Waals surface area (Å²) in [4.78, 5) is 16.1. The summed E-state index contributed by atoms with van der Waals surface area (Å²) in [5.74, 6) is -0.0128. The zero-order chi connectivity index (χ0) is 13.2. The molecule has 2 aromatic rings. The van der Waals surface area contributed by atoms with Crippen molar-refractivity contribution in [2.24, 2.45) is 0 Å². The lowest BCUT2D eigenvalue weighted by Crippen LogP contribution is -2.25. The van der Waals surface area contributed by atoms with E-state index in [9.17, 15) is 4.79 Å². The maximum Gasteiger partial charge on any atom is 0.251 e. The van der Waals surface area contributed by atoms with Crippen LogP contribution in [0.3, 0.4) is 0 Å². The molecule has 0 saturated heterocycles. The highest BCUT2D eigenvalue weighted by molar-refractivity contribution is 6.33. The SMILES string of the molecule is O=C(NC1CC1)c1ccc(-c2ncccc2Cl)cc1. The van der Waals surface area contributed by atoms with Crippen molar-refractivity contribution in [1.29, 1.82) is 0 Å². The van der Waals surface area contributed by atoms with Crippen LogP contribution in [0.4, 0.5) is 0 Å². The fourth-order valence-electron chi connectivity index (χ4n) is 1.87. The van der Waals surface area contributed by atoms with Gasteiger partial charge in [0.15, 0.2) is 0 Å². The third kappa shape index (κ3) is 2.76. The first-order chi connectivity index (χ1) is 9.24. The van der Waals surface area contributed by atoms with Crippen LogP contribution in [0.2, 0.25) is 5.02 Å². The van der Waals surface area contributed by atoms with Crippen molar-refractivity contribution in [1.82, 2.24) is 10.3 Å². The molecule has 1 amide bonds. The minimum atomic E-state index is -0.0128. The normalized spacial score (nSPS) is 14.2. The molecule has 1 aliphatic carbocycles. The Morgan fingerprint density at radius 1 is 1.21 bits per heavy atom. The Balaban J connectivity index is 1.82. The van der Waals surface area contributed by atoms with Crippen LogP contribution in [0.1, 0.15) is 23.2 Å². The van der Waals surface area contributed by atoms with Crippen LogP contribution in [0.25, 0.3) is 11.3 Å². The van der Waals surface area contributed by atoms with Gasteiger partial charge in [-0.2, -0.15) is 0 Å². The Labute approximate surface area is 116 Å². The standard InChI is InChI=1S/C15H13ClN2O/c16-13-2-1-9-17-14(13)10-3-5-11(6-4-10)15(19)18-12-7-8-12/h1-6,9,12H,7-8H2,(H,18,19). The van der Waals surface area contributed by atoms with E-state index < -0.39 is 0 Å². The molecule has 1 fully saturated rings. The quantitative estimate of drug-likeness (QED) is 0.932. The molecule has 0 bridgehead atoms. The molecule has 1 N–H and O–H groups in total. The van der Waals surface area contributed by atoms with E-state index in [0.29, 0.717) is 16.6 Å². The Kier molecular flexibility index (Phi) is 3.22. The van der Waals surface area contributed by atoms with E-state index in [1.807, 2.05) is 12.1 Å². The zero-order valence-corrected chi connectivity index (χ0v) is 11.0. The van der Waals surface area contributed by atoms with Crippen molar-refractivity contribution >= 4 is 17.5 Å². The monoisotopic (exact) mass is 272 g/mol. The summed E-state index contributed by atoms with van der Waals surface area (Å²) in [7, 11) is 0. The van der Waals surface area contributed by atoms with Crippen LogP contribution in [-0.2, 0) is 0 Å². The van der Waals surface area contributed by atoms with Gasteiger partial charge < -0.3 is 5.32 Å². The second-order valence-electron chi connectivity index (χ2n) is 4.66. The number of benzene rings is 1. The molecule has 3 rings (SSSR count). The molecular weight excluding hydrogens is 260 g/mol. The maximum absolute atomic E-state index is 11.9. The smallest absolute Gasteiger partial charge is 0.251 e. The van der Waals surface area contributed by atoms with E-state index in [4.69, 9.17) is 11.6 Å². The number of aromatic nitrogens is 1. The number of carbonyl (C=O) groups is 1. The summed E-state index contributed by atoms with van der Waals surface area (Å²) in [6, 6.07) is 11.3. The lowest BCUT2D eigenvalue weighted by Gasteiger charge is -2.06. The van der Waals surface area contributed by atoms with Gasteiger partial charge in [-0.1, -0.05) is 23.7 Å². The highest BCUT2D eigenvalue weighted by Crippen LogP contribution is 2.25. The number of nitrogens with zero attached hydrogens (tertiary/aromatic N) is 1. The molecule has 0 radical (unpaired) electrons. The van der Waals surface area contributed by atoms with Crippen LogP contribution >= 0.6 is 11.6 Å². The molecule has 0 aliphatic heterocycles. The number of pyridine rings is 1. The van der Waals surface area contributed by atoms with Crippen LogP contribution < -0.4 is 5.32 Å². The first-order valence-electron chi connectivity index (χ1n) is 6.26. The summed E-state index contributed by atoms with van der Waals surface area (Å²) >= 11 is 6.10. The van der Waals surface area contributed by atoms with Gasteiger partial charge in [0.2, 0.25) is 0 Å². The van der Waals surface area contributed by atoms with E-state index >= 15 is 0 Å². The molecule has 1 saturated carbocycles. The van der Waals surface area contributed by atoms with Crippen molar-refractivity contribution in [3.63, 3.8) is 0 Å². The molecular formula is C15H13ClN2O. The maximum atomic E-state index is 11.9. The lowest BCUT2D eigenvalue weighted by atomic mass is 10.1. The molecule has 0 spiro atoms. The second kappa shape index (κ2) is 5.02. The molecule has 0 unspecified atom stereocenters. The van der Waals surface area contributed by atoms with E-state index in [1.54, 1.807) is 30.5 Å².